The minimum Gasteiger partial charge on any atom is -0.394 e. The van der Waals surface area contributed by atoms with Crippen molar-refractivity contribution in [2.24, 2.45) is 50.7 Å². The van der Waals surface area contributed by atoms with Gasteiger partial charge in [-0.2, -0.15) is 0 Å². The number of nitrogens with zero attached hydrogens (tertiary/aromatic N) is 2. The van der Waals surface area contributed by atoms with Crippen LogP contribution in [0.15, 0.2) is 0 Å². The molecule has 0 unspecified atom stereocenters. The molecule has 3 heterocycles. The Morgan fingerprint density at radius 1 is 0.942 bits per heavy atom. The highest BCUT2D eigenvalue weighted by atomic mass is 16.7. The summed E-state index contributed by atoms with van der Waals surface area (Å²) in [5.41, 5.74) is -0.708. The average molecular weight is 731 g/mol. The topological polar surface area (TPSA) is 104 Å². The monoisotopic (exact) mass is 731 g/mol. The molecule has 3 N–H and O–H groups in total. The Kier molecular flexibility index (Phi) is 9.31. The fourth-order valence-corrected chi connectivity index (χ4v) is 15.2. The molecule has 5 aliphatic carbocycles. The Bertz CT molecular complexity index is 1350. The Balaban J connectivity index is 0.974. The van der Waals surface area contributed by atoms with E-state index in [-0.39, 0.29) is 53.0 Å². The van der Waals surface area contributed by atoms with Gasteiger partial charge in [0.2, 0.25) is 0 Å². The highest BCUT2D eigenvalue weighted by molar-refractivity contribution is 5.33. The molecule has 9 nitrogen and oxygen atoms in total. The van der Waals surface area contributed by atoms with Gasteiger partial charge in [-0.3, -0.25) is 9.80 Å². The second-order valence-corrected chi connectivity index (χ2v) is 21.5. The first-order valence-electron chi connectivity index (χ1n) is 21.4. The fraction of sp³-hybridized carbons (Fsp3) is 1.00. The number of ether oxygens (including phenoxy) is 4. The first-order chi connectivity index (χ1) is 24.3. The van der Waals surface area contributed by atoms with Gasteiger partial charge in [-0.1, -0.05) is 34.6 Å². The molecule has 3 aliphatic heterocycles. The molecule has 52 heavy (non-hydrogen) atoms. The van der Waals surface area contributed by atoms with Crippen LogP contribution < -0.4 is 0 Å². The van der Waals surface area contributed by atoms with Crippen LogP contribution in [0.2, 0.25) is 0 Å². The Labute approximate surface area is 314 Å². The molecule has 0 amide bonds. The van der Waals surface area contributed by atoms with Crippen LogP contribution in [-0.4, -0.2) is 125 Å². The smallest absolute Gasteiger partial charge is 0.170 e. The van der Waals surface area contributed by atoms with Gasteiger partial charge in [0.05, 0.1) is 43.2 Å². The van der Waals surface area contributed by atoms with Crippen molar-refractivity contribution in [2.45, 2.75) is 175 Å². The van der Waals surface area contributed by atoms with Crippen molar-refractivity contribution in [1.82, 2.24) is 9.80 Å². The molecule has 8 rings (SSSR count). The molecular weight excluding hydrogens is 656 g/mol. The van der Waals surface area contributed by atoms with Crippen molar-refractivity contribution in [3.8, 4) is 0 Å². The zero-order valence-corrected chi connectivity index (χ0v) is 34.3. The molecule has 14 atom stereocenters. The van der Waals surface area contributed by atoms with Gasteiger partial charge in [-0.25, -0.2) is 0 Å². The normalized spacial score (nSPS) is 49.9. The van der Waals surface area contributed by atoms with E-state index < -0.39 is 17.8 Å². The van der Waals surface area contributed by atoms with E-state index in [1.807, 2.05) is 20.8 Å². The quantitative estimate of drug-likeness (QED) is 0.285. The van der Waals surface area contributed by atoms with E-state index in [1.54, 1.807) is 0 Å². The van der Waals surface area contributed by atoms with Crippen molar-refractivity contribution in [1.29, 1.82) is 0 Å². The largest absolute Gasteiger partial charge is 0.394 e. The molecule has 0 aromatic carbocycles. The fourth-order valence-electron chi connectivity index (χ4n) is 15.2. The summed E-state index contributed by atoms with van der Waals surface area (Å²) in [6.45, 7) is 27.4. The van der Waals surface area contributed by atoms with Gasteiger partial charge in [0, 0.05) is 49.8 Å². The minimum atomic E-state index is -1.02. The van der Waals surface area contributed by atoms with Crippen molar-refractivity contribution < 1.29 is 34.3 Å². The van der Waals surface area contributed by atoms with Crippen molar-refractivity contribution >= 4 is 0 Å². The lowest BCUT2D eigenvalue weighted by molar-refractivity contribution is -0.254. The van der Waals surface area contributed by atoms with Gasteiger partial charge in [0.15, 0.2) is 6.29 Å². The third-order valence-corrected chi connectivity index (χ3v) is 18.1. The zero-order chi connectivity index (χ0) is 37.4. The van der Waals surface area contributed by atoms with Crippen LogP contribution in [0.5, 0.6) is 0 Å². The maximum Gasteiger partial charge on any atom is 0.170 e. The lowest BCUT2D eigenvalue weighted by atomic mass is 9.41. The van der Waals surface area contributed by atoms with Gasteiger partial charge in [-0.15, -0.1) is 0 Å². The summed E-state index contributed by atoms with van der Waals surface area (Å²) in [5.74, 6) is 1.79. The number of hydrogen-bond acceptors (Lipinski definition) is 9. The highest BCUT2D eigenvalue weighted by Gasteiger charge is 2.84. The molecule has 0 aromatic rings. The lowest BCUT2D eigenvalue weighted by Gasteiger charge is -2.64. The summed E-state index contributed by atoms with van der Waals surface area (Å²) in [4.78, 5) is 4.95. The van der Waals surface area contributed by atoms with Crippen LogP contribution in [0.25, 0.3) is 0 Å². The summed E-state index contributed by atoms with van der Waals surface area (Å²) < 4.78 is 26.5. The lowest BCUT2D eigenvalue weighted by Crippen LogP contribution is -2.68. The number of aliphatic hydroxyl groups excluding tert-OH is 2. The number of likely N-dealkylation sites (tertiary alicyclic amines) is 1. The first kappa shape index (κ1) is 38.5. The van der Waals surface area contributed by atoms with E-state index in [2.05, 4.69) is 58.3 Å². The van der Waals surface area contributed by atoms with Crippen molar-refractivity contribution in [3.63, 3.8) is 0 Å². The van der Waals surface area contributed by atoms with Gasteiger partial charge < -0.3 is 34.3 Å². The van der Waals surface area contributed by atoms with Crippen LogP contribution in [0.4, 0.5) is 0 Å². The molecule has 5 saturated carbocycles. The third kappa shape index (κ3) is 5.24. The zero-order valence-electron chi connectivity index (χ0n) is 34.3. The molecule has 298 valence electrons. The summed E-state index contributed by atoms with van der Waals surface area (Å²) in [6.07, 6.45) is 7.86. The van der Waals surface area contributed by atoms with E-state index in [9.17, 15) is 15.3 Å². The van der Waals surface area contributed by atoms with Gasteiger partial charge in [-0.05, 0) is 131 Å². The number of rotatable bonds is 9. The van der Waals surface area contributed by atoms with Crippen LogP contribution >= 0.6 is 0 Å². The predicted molar refractivity (Wildman–Crippen MR) is 201 cm³/mol. The van der Waals surface area contributed by atoms with E-state index in [4.69, 9.17) is 18.9 Å². The third-order valence-electron chi connectivity index (χ3n) is 18.1. The molecular formula is C43H74N2O7. The predicted octanol–water partition coefficient (Wildman–Crippen LogP) is 5.47. The molecule has 0 radical (unpaired) electrons. The molecule has 9 heteroatoms. The van der Waals surface area contributed by atoms with E-state index >= 15 is 0 Å². The number of fused-ring (bicyclic) bond motifs is 4. The standard InChI is InChI=1S/C43H74N2O7/c1-11-49-36(39(7,8)48)28-20-26(2)33-34(51-28)35(47)41(10)30-13-12-29-38(5,6)31(14-15-42(29)24-43(30,42)17-16-40(33,41)9)52-32-23-44(18-19-50-32)27-21-45(22-27)37(3,4)25-46/h26-36,46-48H,11-25H2,1-10H3/t26-,28-,29+,30+,31+,32+,33+,34+,35+,36+,40-,41-,42-,43+/m1/s1. The van der Waals surface area contributed by atoms with E-state index in [1.165, 1.54) is 32.1 Å². The number of aliphatic hydroxyl groups is 3. The van der Waals surface area contributed by atoms with Crippen LogP contribution in [0, 0.1) is 50.7 Å². The Morgan fingerprint density at radius 2 is 1.63 bits per heavy atom. The SMILES string of the molecule is CCO[C@@H]([C@H]1C[C@@H](C)[C@H]2[C@H](O1)[C@H](O)[C@@]1(C)[C@@H]3CC[C@H]4C(C)(C)[C@@H](O[C@H]5CN(C6CN(C(C)(C)CO)C6)CCO5)CC[C@@]45C[C@@]35CC[C@]21C)C(C)(C)O. The second-order valence-electron chi connectivity index (χ2n) is 21.5. The molecule has 3 saturated heterocycles. The minimum absolute atomic E-state index is 0.00912. The summed E-state index contributed by atoms with van der Waals surface area (Å²) in [7, 11) is 0. The summed E-state index contributed by atoms with van der Waals surface area (Å²) in [6, 6.07) is 0.505. The Morgan fingerprint density at radius 3 is 2.31 bits per heavy atom. The first-order valence-corrected chi connectivity index (χ1v) is 21.4. The number of morpholine rings is 1. The Hall–Kier alpha value is -0.360. The van der Waals surface area contributed by atoms with Crippen LogP contribution in [-0.2, 0) is 18.9 Å². The van der Waals surface area contributed by atoms with Gasteiger partial charge in [0.1, 0.15) is 6.10 Å². The second kappa shape index (κ2) is 12.6. The van der Waals surface area contributed by atoms with E-state index in [0.29, 0.717) is 53.8 Å². The molecule has 0 bridgehead atoms. The van der Waals surface area contributed by atoms with Crippen molar-refractivity contribution in [3.05, 3.63) is 0 Å². The van der Waals surface area contributed by atoms with Crippen LogP contribution in [0.3, 0.4) is 0 Å². The molecule has 8 aliphatic rings. The van der Waals surface area contributed by atoms with E-state index in [0.717, 1.165) is 45.4 Å². The maximum atomic E-state index is 12.7. The molecule has 0 aromatic heterocycles. The van der Waals surface area contributed by atoms with Crippen LogP contribution in [0.1, 0.15) is 121 Å². The van der Waals surface area contributed by atoms with Gasteiger partial charge in [0.25, 0.3) is 0 Å². The number of hydrogen-bond donors (Lipinski definition) is 3. The van der Waals surface area contributed by atoms with Crippen molar-refractivity contribution in [2.75, 3.05) is 46.0 Å². The molecule has 2 spiro atoms. The highest BCUT2D eigenvalue weighted by Crippen LogP contribution is 2.89. The average Bonchev–Trinajstić information content (AvgIpc) is 3.68. The summed E-state index contributed by atoms with van der Waals surface area (Å²) in [5, 5.41) is 33.6. The van der Waals surface area contributed by atoms with Gasteiger partial charge >= 0.3 is 0 Å². The maximum absolute atomic E-state index is 12.7. The summed E-state index contributed by atoms with van der Waals surface area (Å²) >= 11 is 0. The molecule has 8 fully saturated rings.